The molecular formula is C25H27ClN4O3. The molecule has 0 spiro atoms. The van der Waals surface area contributed by atoms with Crippen molar-refractivity contribution in [3.8, 4) is 11.3 Å². The minimum Gasteiger partial charge on any atom is -0.449 e. The zero-order chi connectivity index (χ0) is 23.4. The monoisotopic (exact) mass is 466 g/mol. The van der Waals surface area contributed by atoms with Gasteiger partial charge in [-0.3, -0.25) is 4.79 Å². The Kier molecular flexibility index (Phi) is 7.11. The number of hydrogen-bond acceptors (Lipinski definition) is 5. The average molecular weight is 467 g/mol. The van der Waals surface area contributed by atoms with Gasteiger partial charge in [0.2, 0.25) is 0 Å². The van der Waals surface area contributed by atoms with Crippen LogP contribution in [0, 0.1) is 0 Å². The van der Waals surface area contributed by atoms with Gasteiger partial charge in [0.15, 0.2) is 0 Å². The Balaban J connectivity index is 1.54. The lowest BCUT2D eigenvalue weighted by Gasteiger charge is -2.34. The van der Waals surface area contributed by atoms with Crippen molar-refractivity contribution in [1.29, 1.82) is 0 Å². The highest BCUT2D eigenvalue weighted by Gasteiger charge is 2.26. The van der Waals surface area contributed by atoms with Gasteiger partial charge in [-0.2, -0.15) is 0 Å². The number of aromatic nitrogens is 1. The molecule has 2 heterocycles. The average Bonchev–Trinajstić information content (AvgIpc) is 2.86. The first-order chi connectivity index (χ1) is 16.0. The number of nitrogens with two attached hydrogens (primary N) is 1. The van der Waals surface area contributed by atoms with E-state index in [2.05, 4.69) is 0 Å². The van der Waals surface area contributed by atoms with Crippen molar-refractivity contribution in [3.05, 3.63) is 64.7 Å². The van der Waals surface area contributed by atoms with E-state index in [1.165, 1.54) is 0 Å². The molecule has 0 bridgehead atoms. The largest absolute Gasteiger partial charge is 0.449 e. The fourth-order valence-corrected chi connectivity index (χ4v) is 4.14. The van der Waals surface area contributed by atoms with Gasteiger partial charge < -0.3 is 20.3 Å². The maximum absolute atomic E-state index is 13.1. The van der Waals surface area contributed by atoms with Crippen LogP contribution in [0.25, 0.3) is 22.2 Å². The minimum absolute atomic E-state index is 0.0908. The Morgan fingerprint density at radius 1 is 1.06 bits per heavy atom. The van der Waals surface area contributed by atoms with Crippen molar-refractivity contribution >= 4 is 34.5 Å². The van der Waals surface area contributed by atoms with E-state index < -0.39 is 0 Å². The number of halogens is 1. The summed E-state index contributed by atoms with van der Waals surface area (Å²) in [6.07, 6.45) is 0.462. The Labute approximate surface area is 198 Å². The van der Waals surface area contributed by atoms with Crippen molar-refractivity contribution < 1.29 is 14.3 Å². The van der Waals surface area contributed by atoms with Crippen molar-refractivity contribution in [3.63, 3.8) is 0 Å². The van der Waals surface area contributed by atoms with Crippen LogP contribution >= 0.6 is 11.6 Å². The molecule has 172 valence electrons. The second-order valence-electron chi connectivity index (χ2n) is 8.02. The third-order valence-corrected chi connectivity index (χ3v) is 6.03. The van der Waals surface area contributed by atoms with Crippen LogP contribution in [0.5, 0.6) is 0 Å². The van der Waals surface area contributed by atoms with Crippen molar-refractivity contribution in [2.75, 3.05) is 32.8 Å². The van der Waals surface area contributed by atoms with Gasteiger partial charge in [-0.15, -0.1) is 0 Å². The highest BCUT2D eigenvalue weighted by Crippen LogP contribution is 2.29. The van der Waals surface area contributed by atoms with Crippen LogP contribution in [0.4, 0.5) is 4.79 Å². The molecule has 1 saturated heterocycles. The Morgan fingerprint density at radius 3 is 2.55 bits per heavy atom. The molecule has 7 nitrogen and oxygen atoms in total. The normalized spacial score (nSPS) is 13.9. The lowest BCUT2D eigenvalue weighted by atomic mass is 10.0. The number of carbonyl (C=O) groups excluding carboxylic acids is 2. The maximum atomic E-state index is 13.1. The molecule has 0 radical (unpaired) electrons. The summed E-state index contributed by atoms with van der Waals surface area (Å²) in [5.74, 6) is -0.0908. The topological polar surface area (TPSA) is 88.8 Å². The lowest BCUT2D eigenvalue weighted by Crippen LogP contribution is -2.50. The second kappa shape index (κ2) is 10.2. The van der Waals surface area contributed by atoms with E-state index in [4.69, 9.17) is 27.1 Å². The van der Waals surface area contributed by atoms with Gasteiger partial charge in [0.25, 0.3) is 5.91 Å². The smallest absolute Gasteiger partial charge is 0.409 e. The molecule has 2 N–H and O–H groups in total. The Hall–Kier alpha value is -3.16. The summed E-state index contributed by atoms with van der Waals surface area (Å²) >= 11 is 6.54. The van der Waals surface area contributed by atoms with Crippen LogP contribution in [0.3, 0.4) is 0 Å². The zero-order valence-electron chi connectivity index (χ0n) is 18.6. The molecule has 1 aromatic heterocycles. The molecule has 0 atom stereocenters. The van der Waals surface area contributed by atoms with E-state index in [9.17, 15) is 9.59 Å². The quantitative estimate of drug-likeness (QED) is 0.605. The highest BCUT2D eigenvalue weighted by molar-refractivity contribution is 6.35. The van der Waals surface area contributed by atoms with Crippen LogP contribution < -0.4 is 5.73 Å². The minimum atomic E-state index is -0.320. The molecule has 1 aliphatic rings. The summed E-state index contributed by atoms with van der Waals surface area (Å²) in [4.78, 5) is 33.3. The van der Waals surface area contributed by atoms with E-state index in [0.717, 1.165) is 28.6 Å². The molecule has 1 fully saturated rings. The molecule has 0 saturated carbocycles. The van der Waals surface area contributed by atoms with Gasteiger partial charge in [-0.1, -0.05) is 42.8 Å². The fourth-order valence-electron chi connectivity index (χ4n) is 3.88. The summed E-state index contributed by atoms with van der Waals surface area (Å²) < 4.78 is 5.19. The van der Waals surface area contributed by atoms with E-state index in [0.29, 0.717) is 55.4 Å². The van der Waals surface area contributed by atoms with Crippen LogP contribution in [-0.2, 0) is 11.3 Å². The third-order valence-electron chi connectivity index (χ3n) is 5.72. The highest BCUT2D eigenvalue weighted by atomic mass is 35.5. The summed E-state index contributed by atoms with van der Waals surface area (Å²) in [6.45, 7) is 4.62. The predicted molar refractivity (Wildman–Crippen MR) is 129 cm³/mol. The number of nitrogens with zero attached hydrogens (tertiary/aromatic N) is 3. The van der Waals surface area contributed by atoms with E-state index in [1.807, 2.05) is 43.3 Å². The molecule has 1 aliphatic heterocycles. The van der Waals surface area contributed by atoms with Gasteiger partial charge in [-0.05, 0) is 36.2 Å². The van der Waals surface area contributed by atoms with Crippen molar-refractivity contribution in [1.82, 2.24) is 14.8 Å². The number of hydrogen-bond donors (Lipinski definition) is 1. The second-order valence-corrected chi connectivity index (χ2v) is 8.43. The van der Waals surface area contributed by atoms with Crippen molar-refractivity contribution in [2.45, 2.75) is 19.9 Å². The number of pyridine rings is 1. The van der Waals surface area contributed by atoms with Gasteiger partial charge in [0.1, 0.15) is 0 Å². The summed E-state index contributed by atoms with van der Waals surface area (Å²) in [5.41, 5.74) is 9.62. The molecule has 0 aliphatic carbocycles. The van der Waals surface area contributed by atoms with E-state index >= 15 is 0 Å². The van der Waals surface area contributed by atoms with Crippen molar-refractivity contribution in [2.24, 2.45) is 5.73 Å². The molecule has 2 amide bonds. The number of fused-ring (bicyclic) bond motifs is 1. The first-order valence-corrected chi connectivity index (χ1v) is 11.5. The number of amides is 2. The number of rotatable bonds is 5. The molecule has 0 unspecified atom stereocenters. The summed E-state index contributed by atoms with van der Waals surface area (Å²) in [5, 5.41) is 1.36. The maximum Gasteiger partial charge on any atom is 0.409 e. The van der Waals surface area contributed by atoms with E-state index in [-0.39, 0.29) is 12.0 Å². The van der Waals surface area contributed by atoms with E-state index in [1.54, 1.807) is 21.9 Å². The van der Waals surface area contributed by atoms with Gasteiger partial charge in [-0.25, -0.2) is 9.78 Å². The van der Waals surface area contributed by atoms with Crippen LogP contribution in [0.1, 0.15) is 29.3 Å². The van der Waals surface area contributed by atoms with Gasteiger partial charge >= 0.3 is 6.09 Å². The SMILES string of the molecule is CCCOC(=O)N1CCN(C(=O)c2ccc3c(Cl)cc(-c4cccc(CN)c4)nc3c2)CC1. The summed E-state index contributed by atoms with van der Waals surface area (Å²) in [7, 11) is 0. The molecule has 3 aromatic rings. The number of carbonyl (C=O) groups is 2. The first kappa shape index (κ1) is 23.0. The van der Waals surface area contributed by atoms with Gasteiger partial charge in [0.05, 0.1) is 22.8 Å². The first-order valence-electron chi connectivity index (χ1n) is 11.1. The standard InChI is InChI=1S/C25H27ClN4O3/c1-2-12-33-25(32)30-10-8-29(9-11-30)24(31)19-6-7-20-21(26)15-22(28-23(20)14-19)18-5-3-4-17(13-18)16-27/h3-7,13-15H,2,8-12,16,27H2,1H3. The lowest BCUT2D eigenvalue weighted by molar-refractivity contribution is 0.0560. The molecule has 2 aromatic carbocycles. The summed E-state index contributed by atoms with van der Waals surface area (Å²) in [6, 6.07) is 15.1. The predicted octanol–water partition coefficient (Wildman–Crippen LogP) is 4.32. The van der Waals surface area contributed by atoms with Gasteiger partial charge in [0, 0.05) is 49.2 Å². The van der Waals surface area contributed by atoms with Crippen LogP contribution in [0.15, 0.2) is 48.5 Å². The molecule has 4 rings (SSSR count). The third kappa shape index (κ3) is 5.10. The Bertz CT molecular complexity index is 1180. The molecular weight excluding hydrogens is 440 g/mol. The number of ether oxygens (including phenoxy) is 1. The number of benzene rings is 2. The van der Waals surface area contributed by atoms with Crippen LogP contribution in [-0.4, -0.2) is 59.6 Å². The fraction of sp³-hybridized carbons (Fsp3) is 0.320. The molecule has 33 heavy (non-hydrogen) atoms. The number of piperazine rings is 1. The molecule has 8 heteroatoms. The van der Waals surface area contributed by atoms with Crippen LogP contribution in [0.2, 0.25) is 5.02 Å². The Morgan fingerprint density at radius 2 is 1.82 bits per heavy atom. The zero-order valence-corrected chi connectivity index (χ0v) is 19.3.